The second-order valence-corrected chi connectivity index (χ2v) is 20.0. The summed E-state index contributed by atoms with van der Waals surface area (Å²) < 4.78 is 51.3. The number of alkyl halides is 3. The molecule has 15 nitrogen and oxygen atoms in total. The maximum Gasteiger partial charge on any atom is 0.451 e. The summed E-state index contributed by atoms with van der Waals surface area (Å²) in [6, 6.07) is 16.3. The fraction of sp³-hybridized carbons (Fsp3) is 0.439. The summed E-state index contributed by atoms with van der Waals surface area (Å²) in [4.78, 5) is 63.2. The number of alkyl carbamates (subject to hydrolysis) is 1. The summed E-state index contributed by atoms with van der Waals surface area (Å²) >= 11 is 1.13. The predicted molar refractivity (Wildman–Crippen MR) is 237 cm³/mol. The molecular formula is C41H48F3IN10O5S2. The summed E-state index contributed by atoms with van der Waals surface area (Å²) in [6.45, 7) is 3.77. The fourth-order valence-electron chi connectivity index (χ4n) is 6.84. The van der Waals surface area contributed by atoms with E-state index in [1.165, 1.54) is 21.1 Å². The zero-order valence-corrected chi connectivity index (χ0v) is 38.1. The molecule has 2 aromatic carbocycles. The number of fused-ring (bicyclic) bond motifs is 1. The van der Waals surface area contributed by atoms with Crippen LogP contribution >= 0.6 is 39.9 Å². The number of nitrogens with one attached hydrogen (secondary N) is 3. The van der Waals surface area contributed by atoms with Gasteiger partial charge < -0.3 is 35.1 Å². The Labute approximate surface area is 374 Å². The molecule has 0 bridgehead atoms. The third-order valence-electron chi connectivity index (χ3n) is 10.1. The highest BCUT2D eigenvalue weighted by Crippen LogP contribution is 2.37. The van der Waals surface area contributed by atoms with E-state index in [1.807, 2.05) is 79.9 Å². The first-order valence-electron chi connectivity index (χ1n) is 20.0. The van der Waals surface area contributed by atoms with Crippen LogP contribution in [-0.4, -0.2) is 91.8 Å². The number of aromatic nitrogens is 4. The first kappa shape index (κ1) is 46.6. The van der Waals surface area contributed by atoms with Crippen LogP contribution in [-0.2, 0) is 53.0 Å². The van der Waals surface area contributed by atoms with Crippen LogP contribution in [0.4, 0.5) is 22.8 Å². The monoisotopic (exact) mass is 1010 g/mol. The molecule has 0 radical (unpaired) electrons. The molecule has 3 unspecified atom stereocenters. The molecule has 21 heteroatoms. The highest BCUT2D eigenvalue weighted by Gasteiger charge is 2.40. The molecule has 0 fully saturated rings. The van der Waals surface area contributed by atoms with Crippen LogP contribution in [0.15, 0.2) is 80.3 Å². The van der Waals surface area contributed by atoms with Gasteiger partial charge in [-0.05, 0) is 45.7 Å². The van der Waals surface area contributed by atoms with Crippen LogP contribution < -0.4 is 16.0 Å². The van der Waals surface area contributed by atoms with E-state index >= 15 is 0 Å². The molecule has 3 N–H and O–H groups in total. The molecule has 3 atom stereocenters. The number of hydrogen-bond donors (Lipinski definition) is 3. The normalized spacial score (nSPS) is 15.1. The van der Waals surface area contributed by atoms with Crippen LogP contribution in [0.3, 0.4) is 0 Å². The molecule has 2 aliphatic heterocycles. The van der Waals surface area contributed by atoms with Gasteiger partial charge in [0.05, 0.1) is 54.8 Å². The van der Waals surface area contributed by atoms with Crippen molar-refractivity contribution in [2.75, 3.05) is 20.2 Å². The number of benzene rings is 2. The second kappa shape index (κ2) is 21.9. The SMILES string of the molecule is CC(C)c1nc(CN(C)C(=O)NC(CC(=O)N2CCn3c(nnc3C(F)(F)F)C2)C(=O)NC(CCC(Cc2ccccc2)NC(=O)OCC2=CN=IS2)Cc2ccccc2)cs1. The van der Waals surface area contributed by atoms with E-state index in [1.54, 1.807) is 22.2 Å². The molecular weight excluding hydrogens is 961 g/mol. The van der Waals surface area contributed by atoms with Crippen LogP contribution in [0.25, 0.3) is 0 Å². The van der Waals surface area contributed by atoms with Gasteiger partial charge in [0, 0.05) is 49.7 Å². The molecule has 0 spiro atoms. The number of carbonyl (C=O) groups is 4. The van der Waals surface area contributed by atoms with E-state index in [2.05, 4.69) is 34.3 Å². The van der Waals surface area contributed by atoms with Gasteiger partial charge >= 0.3 is 18.3 Å². The van der Waals surface area contributed by atoms with Crippen LogP contribution in [0.5, 0.6) is 0 Å². The number of nitrogens with zero attached hydrogens (tertiary/aromatic N) is 7. The summed E-state index contributed by atoms with van der Waals surface area (Å²) in [6.07, 6.45) is -2.32. The second-order valence-electron chi connectivity index (χ2n) is 15.2. The van der Waals surface area contributed by atoms with E-state index < -0.39 is 54.4 Å². The third-order valence-corrected chi connectivity index (χ3v) is 15.1. The molecule has 5 amide bonds. The Morgan fingerprint density at radius 2 is 1.58 bits per heavy atom. The number of hydrogen-bond acceptors (Lipinski definition) is 11. The van der Waals surface area contributed by atoms with Crippen LogP contribution in [0.2, 0.25) is 0 Å². The lowest BCUT2D eigenvalue weighted by molar-refractivity contribution is -0.148. The predicted octanol–water partition coefficient (Wildman–Crippen LogP) is 7.32. The summed E-state index contributed by atoms with van der Waals surface area (Å²) in [7, 11) is 3.16. The summed E-state index contributed by atoms with van der Waals surface area (Å²) in [5.41, 5.74) is 2.59. The average molecular weight is 1010 g/mol. The van der Waals surface area contributed by atoms with E-state index in [4.69, 9.17) is 4.74 Å². The first-order chi connectivity index (χ1) is 29.7. The van der Waals surface area contributed by atoms with Crippen LogP contribution in [0, 0.1) is 0 Å². The molecule has 4 aromatic rings. The largest absolute Gasteiger partial charge is 0.451 e. The maximum atomic E-state index is 14.4. The minimum absolute atomic E-state index is 0.0393. The highest BCUT2D eigenvalue weighted by molar-refractivity contribution is 14.2. The van der Waals surface area contributed by atoms with E-state index in [9.17, 15) is 32.3 Å². The number of amides is 5. The van der Waals surface area contributed by atoms with Gasteiger partial charge in [0.15, 0.2) is 5.82 Å². The molecule has 2 aromatic heterocycles. The van der Waals surface area contributed by atoms with E-state index in [0.29, 0.717) is 31.4 Å². The van der Waals surface area contributed by atoms with Crippen molar-refractivity contribution in [2.24, 2.45) is 3.15 Å². The fourth-order valence-corrected chi connectivity index (χ4v) is 10.7. The minimum Gasteiger partial charge on any atom is -0.444 e. The molecule has 62 heavy (non-hydrogen) atoms. The van der Waals surface area contributed by atoms with Gasteiger partial charge in [-0.1, -0.05) is 74.5 Å². The summed E-state index contributed by atoms with van der Waals surface area (Å²) in [5, 5.41) is 18.6. The molecule has 332 valence electrons. The van der Waals surface area contributed by atoms with Crippen molar-refractivity contribution in [3.63, 3.8) is 0 Å². The molecule has 2 aliphatic rings. The molecule has 0 aliphatic carbocycles. The van der Waals surface area contributed by atoms with Gasteiger partial charge in [-0.2, -0.15) is 13.2 Å². The van der Waals surface area contributed by atoms with Gasteiger partial charge in [0.1, 0.15) is 12.6 Å². The molecule has 0 saturated heterocycles. The minimum atomic E-state index is -4.72. The summed E-state index contributed by atoms with van der Waals surface area (Å²) in [5.74, 6) is -2.17. The Bertz CT molecular complexity index is 2220. The number of ether oxygens (including phenoxy) is 1. The quantitative estimate of drug-likeness (QED) is 0.0863. The number of urea groups is 1. The maximum absolute atomic E-state index is 14.4. The number of carbonyl (C=O) groups excluding carboxylic acids is 4. The Morgan fingerprint density at radius 3 is 2.18 bits per heavy atom. The number of thiazole rings is 1. The van der Waals surface area contributed by atoms with Crippen molar-refractivity contribution < 1.29 is 37.1 Å². The van der Waals surface area contributed by atoms with Crippen molar-refractivity contribution in [1.29, 1.82) is 0 Å². The first-order valence-corrected chi connectivity index (χ1v) is 25.2. The topological polar surface area (TPSA) is 176 Å². The van der Waals surface area contributed by atoms with Crippen molar-refractivity contribution in [3.8, 4) is 0 Å². The standard InChI is InChI=1S/C41H48F3IN10O5S2/c1-26(2)37-48-31(25-61-37)22-53(3)39(58)50-33(20-35(56)54-16-17-55-34(23-54)51-52-38(55)41(42,43)44)36(57)47-29(18-27-10-6-4-7-11-27)14-15-30(19-28-12-8-5-9-13-28)49-40(59)60-24-32-21-46-45-62-32/h4-13,21,25-26,29-30,33H,14-20,22-24H2,1-3H3,(H,47,57)(H,49,59)(H,50,58). The van der Waals surface area contributed by atoms with Crippen molar-refractivity contribution in [1.82, 2.24) is 45.5 Å². The van der Waals surface area contributed by atoms with E-state index in [-0.39, 0.29) is 70.2 Å². The van der Waals surface area contributed by atoms with Gasteiger partial charge in [-0.25, -0.2) is 17.7 Å². The third kappa shape index (κ3) is 13.5. The van der Waals surface area contributed by atoms with Crippen LogP contribution in [0.1, 0.15) is 72.5 Å². The zero-order chi connectivity index (χ0) is 44.2. The highest BCUT2D eigenvalue weighted by atomic mass is 127. The Balaban J connectivity index is 1.19. The Hall–Kier alpha value is -4.90. The van der Waals surface area contributed by atoms with Gasteiger partial charge in [0.25, 0.3) is 0 Å². The lowest BCUT2D eigenvalue weighted by atomic mass is 9.95. The van der Waals surface area contributed by atoms with Crippen molar-refractivity contribution in [3.05, 3.63) is 111 Å². The average Bonchev–Trinajstić information content (AvgIpc) is 4.04. The lowest BCUT2D eigenvalue weighted by Crippen LogP contribution is -2.54. The zero-order valence-electron chi connectivity index (χ0n) is 34.3. The van der Waals surface area contributed by atoms with E-state index in [0.717, 1.165) is 25.6 Å². The molecule has 4 heterocycles. The van der Waals surface area contributed by atoms with Crippen molar-refractivity contribution in [2.45, 2.75) is 95.8 Å². The van der Waals surface area contributed by atoms with Crippen molar-refractivity contribution >= 4 is 63.9 Å². The Morgan fingerprint density at radius 1 is 0.919 bits per heavy atom. The van der Waals surface area contributed by atoms with Gasteiger partial charge in [0.2, 0.25) is 17.6 Å². The number of halogens is 4. The smallest absolute Gasteiger partial charge is 0.444 e. The molecule has 0 saturated carbocycles. The van der Waals surface area contributed by atoms with Gasteiger partial charge in [-0.15, -0.1) is 21.5 Å². The number of rotatable bonds is 18. The van der Waals surface area contributed by atoms with Gasteiger partial charge in [-0.3, -0.25) is 9.59 Å². The lowest BCUT2D eigenvalue weighted by Gasteiger charge is -2.30. The molecule has 6 rings (SSSR count). The Kier molecular flexibility index (Phi) is 16.5.